The van der Waals surface area contributed by atoms with E-state index in [0.717, 1.165) is 0 Å². The number of nitrogens with two attached hydrogens (primary N) is 2. The lowest BCUT2D eigenvalue weighted by atomic mass is 10.0. The van der Waals surface area contributed by atoms with Crippen molar-refractivity contribution < 1.29 is 19.4 Å². The molecule has 8 nitrogen and oxygen atoms in total. The maximum absolute atomic E-state index is 11.5. The predicted octanol–water partition coefficient (Wildman–Crippen LogP) is -2.61. The molecule has 0 bridgehead atoms. The maximum Gasteiger partial charge on any atom is 0.237 e. The van der Waals surface area contributed by atoms with Crippen LogP contribution in [-0.4, -0.2) is 54.0 Å². The van der Waals surface area contributed by atoms with Gasteiger partial charge in [0.05, 0.1) is 30.8 Å². The van der Waals surface area contributed by atoms with Gasteiger partial charge in [0.25, 0.3) is 0 Å². The number of ether oxygens (including phenoxy) is 1. The molecule has 1 heterocycles. The third-order valence-corrected chi connectivity index (χ3v) is 2.85. The summed E-state index contributed by atoms with van der Waals surface area (Å²) in [6.45, 7) is 3.29. The largest absolute Gasteiger partial charge is 0.366 e. The van der Waals surface area contributed by atoms with Crippen LogP contribution in [0.25, 0.3) is 0 Å². The normalized spacial score (nSPS) is 30.3. The molecule has 1 aliphatic rings. The molecule has 1 unspecified atom stereocenters. The van der Waals surface area contributed by atoms with Crippen molar-refractivity contribution in [3.63, 3.8) is 0 Å². The summed E-state index contributed by atoms with van der Waals surface area (Å²) in [6, 6.07) is -2.21. The molecule has 0 aromatic heterocycles. The zero-order valence-electron chi connectivity index (χ0n) is 11.1. The van der Waals surface area contributed by atoms with Gasteiger partial charge in [-0.3, -0.25) is 9.59 Å². The van der Waals surface area contributed by atoms with Crippen LogP contribution in [0, 0.1) is 0 Å². The van der Waals surface area contributed by atoms with Crippen molar-refractivity contribution in [3.05, 3.63) is 0 Å². The van der Waals surface area contributed by atoms with Crippen molar-refractivity contribution >= 4 is 11.8 Å². The SMILES string of the molecule is C[C@@H](N)C(=O)N[C@@H]1COC(O)[C@@H](NC(=O)[C@@H](C)N)C1. The van der Waals surface area contributed by atoms with E-state index in [-0.39, 0.29) is 24.5 Å². The molecule has 1 saturated heterocycles. The number of hydrogen-bond acceptors (Lipinski definition) is 6. The van der Waals surface area contributed by atoms with Gasteiger partial charge < -0.3 is 31.9 Å². The van der Waals surface area contributed by atoms with E-state index in [4.69, 9.17) is 16.2 Å². The van der Waals surface area contributed by atoms with Crippen molar-refractivity contribution in [2.45, 2.75) is 50.7 Å². The number of carbonyl (C=O) groups is 2. The van der Waals surface area contributed by atoms with Crippen LogP contribution in [0.1, 0.15) is 20.3 Å². The highest BCUT2D eigenvalue weighted by atomic mass is 16.6. The van der Waals surface area contributed by atoms with Crippen molar-refractivity contribution in [2.75, 3.05) is 6.61 Å². The maximum atomic E-state index is 11.5. The Labute approximate surface area is 111 Å². The molecule has 1 fully saturated rings. The molecule has 5 atom stereocenters. The fourth-order valence-corrected chi connectivity index (χ4v) is 1.70. The molecule has 2 amide bonds. The Kier molecular flexibility index (Phi) is 5.67. The highest BCUT2D eigenvalue weighted by Crippen LogP contribution is 2.13. The predicted molar refractivity (Wildman–Crippen MR) is 67.7 cm³/mol. The number of rotatable bonds is 4. The zero-order chi connectivity index (χ0) is 14.6. The summed E-state index contributed by atoms with van der Waals surface area (Å²) in [5.74, 6) is -0.686. The molecular weight excluding hydrogens is 252 g/mol. The minimum atomic E-state index is -1.11. The lowest BCUT2D eigenvalue weighted by Gasteiger charge is -2.34. The molecule has 0 aromatic carbocycles. The van der Waals surface area contributed by atoms with Gasteiger partial charge >= 0.3 is 0 Å². The second-order valence-corrected chi connectivity index (χ2v) is 4.86. The molecule has 110 valence electrons. The topological polar surface area (TPSA) is 140 Å². The second kappa shape index (κ2) is 6.80. The van der Waals surface area contributed by atoms with Gasteiger partial charge in [-0.05, 0) is 20.3 Å². The van der Waals surface area contributed by atoms with E-state index < -0.39 is 24.4 Å². The first-order valence-corrected chi connectivity index (χ1v) is 6.22. The summed E-state index contributed by atoms with van der Waals surface area (Å²) in [7, 11) is 0. The number of aliphatic hydroxyl groups is 1. The van der Waals surface area contributed by atoms with Gasteiger partial charge in [-0.2, -0.15) is 0 Å². The average Bonchev–Trinajstić information content (AvgIpc) is 2.32. The van der Waals surface area contributed by atoms with Gasteiger partial charge in [0, 0.05) is 0 Å². The Bertz CT molecular complexity index is 335. The highest BCUT2D eigenvalue weighted by Gasteiger charge is 2.32. The Balaban J connectivity index is 2.53. The number of nitrogens with one attached hydrogen (secondary N) is 2. The smallest absolute Gasteiger partial charge is 0.237 e. The molecule has 1 rings (SSSR count). The van der Waals surface area contributed by atoms with Crippen LogP contribution >= 0.6 is 0 Å². The molecule has 1 aliphatic heterocycles. The van der Waals surface area contributed by atoms with E-state index in [1.807, 2.05) is 0 Å². The van der Waals surface area contributed by atoms with Crippen molar-refractivity contribution in [1.82, 2.24) is 10.6 Å². The van der Waals surface area contributed by atoms with Crippen LogP contribution < -0.4 is 22.1 Å². The van der Waals surface area contributed by atoms with Gasteiger partial charge in [-0.25, -0.2) is 0 Å². The number of amides is 2. The molecule has 19 heavy (non-hydrogen) atoms. The number of hydrogen-bond donors (Lipinski definition) is 5. The van der Waals surface area contributed by atoms with Gasteiger partial charge in [0.15, 0.2) is 6.29 Å². The first-order valence-electron chi connectivity index (χ1n) is 6.22. The molecule has 0 aromatic rings. The Morgan fingerprint density at radius 1 is 1.21 bits per heavy atom. The number of aliphatic hydroxyl groups excluding tert-OH is 1. The minimum absolute atomic E-state index is 0.171. The Morgan fingerprint density at radius 3 is 2.26 bits per heavy atom. The van der Waals surface area contributed by atoms with Crippen molar-refractivity contribution in [1.29, 1.82) is 0 Å². The van der Waals surface area contributed by atoms with E-state index in [0.29, 0.717) is 6.42 Å². The fraction of sp³-hybridized carbons (Fsp3) is 0.818. The van der Waals surface area contributed by atoms with Crippen LogP contribution in [-0.2, 0) is 14.3 Å². The summed E-state index contributed by atoms with van der Waals surface area (Å²) in [4.78, 5) is 23.0. The monoisotopic (exact) mass is 274 g/mol. The van der Waals surface area contributed by atoms with Crippen molar-refractivity contribution in [2.24, 2.45) is 11.5 Å². The quantitative estimate of drug-likeness (QED) is 0.380. The van der Waals surface area contributed by atoms with Gasteiger partial charge in [0.1, 0.15) is 0 Å². The minimum Gasteiger partial charge on any atom is -0.366 e. The molecule has 0 radical (unpaired) electrons. The molecule has 0 saturated carbocycles. The summed E-state index contributed by atoms with van der Waals surface area (Å²) in [6.07, 6.45) is -0.746. The van der Waals surface area contributed by atoms with E-state index >= 15 is 0 Å². The standard InChI is InChI=1S/C11H22N4O4/c1-5(12)9(16)14-7-3-8(11(18)19-4-7)15-10(17)6(2)13/h5-8,11,18H,3-4,12-13H2,1-2H3,(H,14,16)(H,15,17)/t5-,6-,7+,8+,11?/m1/s1. The van der Waals surface area contributed by atoms with Crippen LogP contribution in [0.4, 0.5) is 0 Å². The van der Waals surface area contributed by atoms with E-state index in [1.165, 1.54) is 0 Å². The third kappa shape index (κ3) is 4.75. The summed E-state index contributed by atoms with van der Waals surface area (Å²) in [5, 5.41) is 14.9. The Hall–Kier alpha value is -1.22. The van der Waals surface area contributed by atoms with Gasteiger partial charge in [-0.15, -0.1) is 0 Å². The third-order valence-electron chi connectivity index (χ3n) is 2.85. The van der Waals surface area contributed by atoms with E-state index in [2.05, 4.69) is 10.6 Å². The summed E-state index contributed by atoms with van der Waals surface area (Å²) >= 11 is 0. The van der Waals surface area contributed by atoms with Gasteiger partial charge in [0.2, 0.25) is 11.8 Å². The Morgan fingerprint density at radius 2 is 1.74 bits per heavy atom. The van der Waals surface area contributed by atoms with E-state index in [9.17, 15) is 14.7 Å². The lowest BCUT2D eigenvalue weighted by molar-refractivity contribution is -0.159. The lowest BCUT2D eigenvalue weighted by Crippen LogP contribution is -2.58. The van der Waals surface area contributed by atoms with E-state index in [1.54, 1.807) is 13.8 Å². The summed E-state index contributed by atoms with van der Waals surface area (Å²) < 4.78 is 5.11. The fourth-order valence-electron chi connectivity index (χ4n) is 1.70. The van der Waals surface area contributed by atoms with Crippen LogP contribution in [0.5, 0.6) is 0 Å². The van der Waals surface area contributed by atoms with Crippen LogP contribution in [0.15, 0.2) is 0 Å². The first-order chi connectivity index (χ1) is 8.81. The zero-order valence-corrected chi connectivity index (χ0v) is 11.1. The molecular formula is C11H22N4O4. The molecule has 0 spiro atoms. The first kappa shape index (κ1) is 15.8. The van der Waals surface area contributed by atoms with Crippen LogP contribution in [0.2, 0.25) is 0 Å². The highest BCUT2D eigenvalue weighted by molar-refractivity contribution is 5.82. The number of carbonyl (C=O) groups excluding carboxylic acids is 2. The van der Waals surface area contributed by atoms with Crippen molar-refractivity contribution in [3.8, 4) is 0 Å². The summed E-state index contributed by atoms with van der Waals surface area (Å²) in [5.41, 5.74) is 10.9. The molecule has 7 N–H and O–H groups in total. The van der Waals surface area contributed by atoms with Gasteiger partial charge in [-0.1, -0.05) is 0 Å². The average molecular weight is 274 g/mol. The van der Waals surface area contributed by atoms with Crippen LogP contribution in [0.3, 0.4) is 0 Å². The molecule has 8 heteroatoms. The molecule has 0 aliphatic carbocycles. The second-order valence-electron chi connectivity index (χ2n) is 4.86.